The van der Waals surface area contributed by atoms with E-state index in [0.29, 0.717) is 11.3 Å². The van der Waals surface area contributed by atoms with Crippen LogP contribution in [0.15, 0.2) is 59.5 Å². The van der Waals surface area contributed by atoms with Crippen molar-refractivity contribution in [3.05, 3.63) is 60.2 Å². The molecule has 2 aromatic rings. The molecule has 2 rings (SSSR count). The Hall–Kier alpha value is -3.04. The van der Waals surface area contributed by atoms with Crippen molar-refractivity contribution < 1.29 is 27.5 Å². The summed E-state index contributed by atoms with van der Waals surface area (Å²) in [7, 11) is -3.86. The van der Waals surface area contributed by atoms with Gasteiger partial charge in [-0.15, -0.1) is 0 Å². The summed E-state index contributed by atoms with van der Waals surface area (Å²) >= 11 is 0. The van der Waals surface area contributed by atoms with Gasteiger partial charge < -0.3 is 10.1 Å². The summed E-state index contributed by atoms with van der Waals surface area (Å²) in [4.78, 5) is 35.7. The Morgan fingerprint density at radius 2 is 1.61 bits per heavy atom. The van der Waals surface area contributed by atoms with Crippen LogP contribution in [0.2, 0.25) is 0 Å². The first-order valence-corrected chi connectivity index (χ1v) is 9.84. The van der Waals surface area contributed by atoms with Gasteiger partial charge in [0, 0.05) is 5.56 Å². The van der Waals surface area contributed by atoms with Gasteiger partial charge in [-0.2, -0.15) is 4.72 Å². The van der Waals surface area contributed by atoms with E-state index < -0.39 is 34.5 Å². The van der Waals surface area contributed by atoms with Gasteiger partial charge in [-0.3, -0.25) is 14.4 Å². The summed E-state index contributed by atoms with van der Waals surface area (Å²) in [5, 5.41) is 2.52. The van der Waals surface area contributed by atoms with Gasteiger partial charge in [-0.05, 0) is 38.1 Å². The van der Waals surface area contributed by atoms with Crippen molar-refractivity contribution in [3.8, 4) is 0 Å². The number of esters is 1. The molecule has 0 saturated heterocycles. The Morgan fingerprint density at radius 3 is 2.25 bits per heavy atom. The van der Waals surface area contributed by atoms with Gasteiger partial charge in [0.1, 0.15) is 6.54 Å². The highest BCUT2D eigenvalue weighted by Crippen LogP contribution is 2.16. The van der Waals surface area contributed by atoms with Crippen LogP contribution in [0.5, 0.6) is 0 Å². The van der Waals surface area contributed by atoms with Gasteiger partial charge in [0.25, 0.3) is 5.91 Å². The van der Waals surface area contributed by atoms with E-state index in [0.717, 1.165) is 0 Å². The number of ether oxygens (including phenoxy) is 1. The van der Waals surface area contributed by atoms with E-state index in [4.69, 9.17) is 4.74 Å². The summed E-state index contributed by atoms with van der Waals surface area (Å²) in [6.07, 6.45) is -1.19. The van der Waals surface area contributed by atoms with E-state index in [1.165, 1.54) is 26.0 Å². The molecule has 1 amide bonds. The van der Waals surface area contributed by atoms with Gasteiger partial charge in [-0.1, -0.05) is 30.3 Å². The molecule has 0 fully saturated rings. The second kappa shape index (κ2) is 9.25. The molecular weight excluding hydrogens is 384 g/mol. The van der Waals surface area contributed by atoms with Gasteiger partial charge in [0.15, 0.2) is 11.9 Å². The molecule has 0 saturated carbocycles. The number of amides is 1. The van der Waals surface area contributed by atoms with E-state index in [1.807, 2.05) is 0 Å². The molecule has 0 spiro atoms. The van der Waals surface area contributed by atoms with Crippen LogP contribution in [-0.4, -0.2) is 38.7 Å². The van der Waals surface area contributed by atoms with Crippen molar-refractivity contribution in [2.45, 2.75) is 24.8 Å². The average molecular weight is 404 g/mol. The molecule has 0 aliphatic heterocycles. The van der Waals surface area contributed by atoms with Crippen molar-refractivity contribution in [1.29, 1.82) is 0 Å². The lowest BCUT2D eigenvalue weighted by molar-refractivity contribution is -0.151. The molecule has 0 unspecified atom stereocenters. The molecule has 1 atom stereocenters. The second-order valence-corrected chi connectivity index (χ2v) is 7.63. The third kappa shape index (κ3) is 5.73. The molecule has 0 radical (unpaired) electrons. The number of hydrogen-bond donors (Lipinski definition) is 2. The number of nitrogens with one attached hydrogen (secondary N) is 2. The number of hydrogen-bond acceptors (Lipinski definition) is 6. The van der Waals surface area contributed by atoms with E-state index in [1.54, 1.807) is 42.5 Å². The molecule has 2 N–H and O–H groups in total. The lowest BCUT2D eigenvalue weighted by Crippen LogP contribution is -2.36. The lowest BCUT2D eigenvalue weighted by Gasteiger charge is -2.15. The SMILES string of the molecule is CC(=O)c1ccccc1NC(=O)[C@H](C)OC(=O)CNS(=O)(=O)c1ccccc1. The van der Waals surface area contributed by atoms with Gasteiger partial charge in [-0.25, -0.2) is 8.42 Å². The smallest absolute Gasteiger partial charge is 0.321 e. The van der Waals surface area contributed by atoms with Crippen molar-refractivity contribution in [1.82, 2.24) is 4.72 Å². The molecule has 0 aliphatic carbocycles. The Balaban J connectivity index is 1.92. The van der Waals surface area contributed by atoms with E-state index in [9.17, 15) is 22.8 Å². The van der Waals surface area contributed by atoms with Crippen molar-refractivity contribution in [2.24, 2.45) is 0 Å². The van der Waals surface area contributed by atoms with E-state index in [-0.39, 0.29) is 10.7 Å². The average Bonchev–Trinajstić information content (AvgIpc) is 2.67. The summed E-state index contributed by atoms with van der Waals surface area (Å²) in [6, 6.07) is 14.0. The Morgan fingerprint density at radius 1 is 1.00 bits per heavy atom. The molecular formula is C19H20N2O6S. The Bertz CT molecular complexity index is 973. The predicted octanol–water partition coefficient (Wildman–Crippen LogP) is 1.74. The Kier molecular flexibility index (Phi) is 7.02. The maximum absolute atomic E-state index is 12.2. The fourth-order valence-corrected chi connectivity index (χ4v) is 3.25. The van der Waals surface area contributed by atoms with Crippen LogP contribution in [0.3, 0.4) is 0 Å². The molecule has 9 heteroatoms. The third-order valence-electron chi connectivity index (χ3n) is 3.70. The molecule has 8 nitrogen and oxygen atoms in total. The zero-order valence-corrected chi connectivity index (χ0v) is 16.2. The topological polar surface area (TPSA) is 119 Å². The minimum Gasteiger partial charge on any atom is -0.452 e. The summed E-state index contributed by atoms with van der Waals surface area (Å²) in [5.41, 5.74) is 0.623. The van der Waals surface area contributed by atoms with E-state index in [2.05, 4.69) is 10.0 Å². The van der Waals surface area contributed by atoms with Crippen molar-refractivity contribution >= 4 is 33.4 Å². The zero-order chi connectivity index (χ0) is 20.7. The first-order valence-electron chi connectivity index (χ1n) is 8.35. The molecule has 0 heterocycles. The standard InChI is InChI=1S/C19H20N2O6S/c1-13(22)16-10-6-7-11-17(16)21-19(24)14(2)27-18(23)12-20-28(25,26)15-8-4-3-5-9-15/h3-11,14,20H,12H2,1-2H3,(H,21,24)/t14-/m0/s1. The summed E-state index contributed by atoms with van der Waals surface area (Å²) < 4.78 is 31.2. The van der Waals surface area contributed by atoms with Crippen molar-refractivity contribution in [2.75, 3.05) is 11.9 Å². The summed E-state index contributed by atoms with van der Waals surface area (Å²) in [5.74, 6) is -1.79. The van der Waals surface area contributed by atoms with E-state index >= 15 is 0 Å². The molecule has 0 aliphatic rings. The predicted molar refractivity (Wildman–Crippen MR) is 102 cm³/mol. The largest absolute Gasteiger partial charge is 0.452 e. The number of Topliss-reactive ketones (excluding diaryl/α,β-unsaturated/α-hetero) is 1. The fourth-order valence-electron chi connectivity index (χ4n) is 2.26. The maximum Gasteiger partial charge on any atom is 0.321 e. The minimum atomic E-state index is -3.86. The Labute approximate surface area is 163 Å². The monoisotopic (exact) mass is 404 g/mol. The van der Waals surface area contributed by atoms with Crippen LogP contribution in [0.4, 0.5) is 5.69 Å². The highest BCUT2D eigenvalue weighted by atomic mass is 32.2. The number of carbonyl (C=O) groups excluding carboxylic acids is 3. The maximum atomic E-state index is 12.2. The fraction of sp³-hybridized carbons (Fsp3) is 0.211. The third-order valence-corrected chi connectivity index (χ3v) is 5.12. The normalized spacial score (nSPS) is 12.1. The quantitative estimate of drug-likeness (QED) is 0.511. The zero-order valence-electron chi connectivity index (χ0n) is 15.3. The first kappa shape index (κ1) is 21.3. The number of rotatable bonds is 8. The van der Waals surface area contributed by atoms with Crippen molar-refractivity contribution in [3.63, 3.8) is 0 Å². The summed E-state index contributed by atoms with van der Waals surface area (Å²) in [6.45, 7) is 2.08. The van der Waals surface area contributed by atoms with Gasteiger partial charge in [0.05, 0.1) is 10.6 Å². The molecule has 0 bridgehead atoms. The van der Waals surface area contributed by atoms with Crippen LogP contribution in [0, 0.1) is 0 Å². The molecule has 2 aromatic carbocycles. The highest BCUT2D eigenvalue weighted by Gasteiger charge is 2.21. The number of sulfonamides is 1. The van der Waals surface area contributed by atoms with Crippen LogP contribution >= 0.6 is 0 Å². The lowest BCUT2D eigenvalue weighted by atomic mass is 10.1. The molecule has 28 heavy (non-hydrogen) atoms. The minimum absolute atomic E-state index is 0.00873. The second-order valence-electron chi connectivity index (χ2n) is 5.86. The van der Waals surface area contributed by atoms with Gasteiger partial charge >= 0.3 is 5.97 Å². The number of anilines is 1. The van der Waals surface area contributed by atoms with Crippen LogP contribution < -0.4 is 10.0 Å². The van der Waals surface area contributed by atoms with Gasteiger partial charge in [0.2, 0.25) is 10.0 Å². The number of para-hydroxylation sites is 1. The van der Waals surface area contributed by atoms with Crippen LogP contribution in [-0.2, 0) is 24.3 Å². The number of carbonyl (C=O) groups is 3. The molecule has 0 aromatic heterocycles. The molecule has 148 valence electrons. The highest BCUT2D eigenvalue weighted by molar-refractivity contribution is 7.89. The van der Waals surface area contributed by atoms with Crippen LogP contribution in [0.25, 0.3) is 0 Å². The number of benzene rings is 2. The number of ketones is 1. The first-order chi connectivity index (χ1) is 13.2. The van der Waals surface area contributed by atoms with Crippen LogP contribution in [0.1, 0.15) is 24.2 Å².